The summed E-state index contributed by atoms with van der Waals surface area (Å²) in [6.45, 7) is 6.43. The number of aromatic amines is 1. The van der Waals surface area contributed by atoms with Crippen LogP contribution >= 0.6 is 0 Å². The number of fused-ring (bicyclic) bond motifs is 2. The number of carbonyl (C=O) groups excluding carboxylic acids is 1. The molecule has 6 rings (SSSR count). The summed E-state index contributed by atoms with van der Waals surface area (Å²) in [5, 5.41) is 13.0. The Morgan fingerprint density at radius 3 is 2.84 bits per heavy atom. The third-order valence-electron chi connectivity index (χ3n) is 6.29. The molecule has 4 aromatic heterocycles. The number of nitrogens with zero attached hydrogens (tertiary/aromatic N) is 6. The summed E-state index contributed by atoms with van der Waals surface area (Å²) in [5.74, 6) is 0.742. The first-order valence-electron chi connectivity index (χ1n) is 11.1. The average molecular weight is 432 g/mol. The van der Waals surface area contributed by atoms with E-state index in [1.54, 1.807) is 11.2 Å². The Hall–Kier alpha value is -3.49. The van der Waals surface area contributed by atoms with E-state index in [0.717, 1.165) is 22.6 Å². The number of nitrogens with one attached hydrogen (secondary N) is 1. The molecule has 9 heteroatoms. The number of hydrogen-bond donors (Lipinski definition) is 1. The first-order valence-corrected chi connectivity index (χ1v) is 11.1. The number of amides is 1. The standard InChI is InChI=1S/C23H25N7O2/c1-23(2,3)22-27-26-20(32-22)21(31)29-10-8-15-18(25-12-24-15)19(29)16-11-17-14(13-6-7-13)5-4-9-30(17)28-16/h4-5,9,11-13,19H,6-8,10H2,1-3H3,(H,24,25)/t19-/m1/s1. The highest BCUT2D eigenvalue weighted by molar-refractivity contribution is 5.90. The number of rotatable bonds is 3. The monoisotopic (exact) mass is 431 g/mol. The van der Waals surface area contributed by atoms with Gasteiger partial charge in [0.15, 0.2) is 0 Å². The Morgan fingerprint density at radius 1 is 1.25 bits per heavy atom. The second-order valence-corrected chi connectivity index (χ2v) is 9.72. The molecule has 4 aromatic rings. The van der Waals surface area contributed by atoms with E-state index in [4.69, 9.17) is 9.52 Å². The molecule has 1 atom stereocenters. The largest absolute Gasteiger partial charge is 0.416 e. The summed E-state index contributed by atoms with van der Waals surface area (Å²) < 4.78 is 7.68. The molecule has 164 valence electrons. The lowest BCUT2D eigenvalue weighted by atomic mass is 9.97. The quantitative estimate of drug-likeness (QED) is 0.533. The van der Waals surface area contributed by atoms with Gasteiger partial charge in [-0.2, -0.15) is 5.10 Å². The van der Waals surface area contributed by atoms with Crippen LogP contribution < -0.4 is 0 Å². The van der Waals surface area contributed by atoms with Crippen LogP contribution in [0.1, 0.15) is 84.8 Å². The topological polar surface area (TPSA) is 105 Å². The maximum absolute atomic E-state index is 13.5. The van der Waals surface area contributed by atoms with Crippen molar-refractivity contribution in [2.75, 3.05) is 6.54 Å². The summed E-state index contributed by atoms with van der Waals surface area (Å²) in [6, 6.07) is 5.88. The van der Waals surface area contributed by atoms with Crippen molar-refractivity contribution < 1.29 is 9.21 Å². The van der Waals surface area contributed by atoms with E-state index < -0.39 is 6.04 Å². The predicted molar refractivity (Wildman–Crippen MR) is 115 cm³/mol. The fraction of sp³-hybridized carbons (Fsp3) is 0.435. The normalized spacial score (nSPS) is 18.8. The molecule has 0 radical (unpaired) electrons. The van der Waals surface area contributed by atoms with E-state index in [1.165, 1.54) is 18.4 Å². The number of imidazole rings is 1. The molecule has 0 spiro atoms. The number of aromatic nitrogens is 6. The minimum absolute atomic E-state index is 0.00124. The second-order valence-electron chi connectivity index (χ2n) is 9.72. The summed E-state index contributed by atoms with van der Waals surface area (Å²) >= 11 is 0. The average Bonchev–Trinajstić information content (AvgIpc) is 3.18. The van der Waals surface area contributed by atoms with Crippen molar-refractivity contribution in [1.82, 2.24) is 34.7 Å². The van der Waals surface area contributed by atoms with Gasteiger partial charge in [-0.05, 0) is 36.5 Å². The number of H-pyrrole nitrogens is 1. The van der Waals surface area contributed by atoms with E-state index in [-0.39, 0.29) is 17.2 Å². The molecule has 0 unspecified atom stereocenters. The third kappa shape index (κ3) is 3.03. The molecule has 32 heavy (non-hydrogen) atoms. The fourth-order valence-corrected chi connectivity index (χ4v) is 4.46. The van der Waals surface area contributed by atoms with E-state index in [2.05, 4.69) is 32.3 Å². The molecule has 9 nitrogen and oxygen atoms in total. The van der Waals surface area contributed by atoms with Gasteiger partial charge in [-0.3, -0.25) is 4.79 Å². The molecule has 1 saturated carbocycles. The van der Waals surface area contributed by atoms with Crippen LogP contribution in [-0.4, -0.2) is 47.1 Å². The van der Waals surface area contributed by atoms with Crippen LogP contribution in [0.15, 0.2) is 35.1 Å². The van der Waals surface area contributed by atoms with Crippen LogP contribution in [0.4, 0.5) is 0 Å². The van der Waals surface area contributed by atoms with Crippen LogP contribution in [0.2, 0.25) is 0 Å². The fourth-order valence-electron chi connectivity index (χ4n) is 4.46. The lowest BCUT2D eigenvalue weighted by Gasteiger charge is -2.32. The van der Waals surface area contributed by atoms with Gasteiger partial charge in [0.05, 0.1) is 23.2 Å². The molecule has 5 heterocycles. The molecule has 1 aliphatic heterocycles. The highest BCUT2D eigenvalue weighted by Crippen LogP contribution is 2.43. The minimum atomic E-state index is -0.422. The Kier molecular flexibility index (Phi) is 4.05. The van der Waals surface area contributed by atoms with Crippen molar-refractivity contribution in [1.29, 1.82) is 0 Å². The second kappa shape index (κ2) is 6.75. The predicted octanol–water partition coefficient (Wildman–Crippen LogP) is 3.40. The summed E-state index contributed by atoms with van der Waals surface area (Å²) in [5.41, 5.74) is 4.70. The van der Waals surface area contributed by atoms with Gasteiger partial charge in [0, 0.05) is 30.3 Å². The maximum Gasteiger partial charge on any atom is 0.312 e. The maximum atomic E-state index is 13.5. The Bertz CT molecular complexity index is 1320. The van der Waals surface area contributed by atoms with Crippen LogP contribution in [0.3, 0.4) is 0 Å². The van der Waals surface area contributed by atoms with Crippen molar-refractivity contribution in [2.24, 2.45) is 0 Å². The third-order valence-corrected chi connectivity index (χ3v) is 6.29. The lowest BCUT2D eigenvalue weighted by Crippen LogP contribution is -2.41. The van der Waals surface area contributed by atoms with Gasteiger partial charge < -0.3 is 14.3 Å². The molecular formula is C23H25N7O2. The van der Waals surface area contributed by atoms with Gasteiger partial charge in [0.25, 0.3) is 0 Å². The van der Waals surface area contributed by atoms with Gasteiger partial charge in [-0.15, -0.1) is 10.2 Å². The van der Waals surface area contributed by atoms with Gasteiger partial charge in [0.2, 0.25) is 5.89 Å². The van der Waals surface area contributed by atoms with Crippen molar-refractivity contribution in [3.05, 3.63) is 65.1 Å². The van der Waals surface area contributed by atoms with Crippen molar-refractivity contribution in [3.63, 3.8) is 0 Å². The van der Waals surface area contributed by atoms with Gasteiger partial charge in [0.1, 0.15) is 6.04 Å². The van der Waals surface area contributed by atoms with Crippen molar-refractivity contribution in [2.45, 2.75) is 57.4 Å². The van der Waals surface area contributed by atoms with Crippen LogP contribution in [0.5, 0.6) is 0 Å². The van der Waals surface area contributed by atoms with Crippen molar-refractivity contribution in [3.8, 4) is 0 Å². The Morgan fingerprint density at radius 2 is 2.09 bits per heavy atom. The zero-order valence-electron chi connectivity index (χ0n) is 18.4. The smallest absolute Gasteiger partial charge is 0.312 e. The zero-order valence-corrected chi connectivity index (χ0v) is 18.4. The number of hydrogen-bond acceptors (Lipinski definition) is 6. The molecule has 0 bridgehead atoms. The molecule has 0 aromatic carbocycles. The van der Waals surface area contributed by atoms with E-state index >= 15 is 0 Å². The van der Waals surface area contributed by atoms with Crippen molar-refractivity contribution >= 4 is 11.4 Å². The summed E-state index contributed by atoms with van der Waals surface area (Å²) in [7, 11) is 0. The Balaban J connectivity index is 1.43. The lowest BCUT2D eigenvalue weighted by molar-refractivity contribution is 0.0642. The minimum Gasteiger partial charge on any atom is -0.416 e. The first-order chi connectivity index (χ1) is 15.4. The zero-order chi connectivity index (χ0) is 22.0. The highest BCUT2D eigenvalue weighted by Gasteiger charge is 2.39. The van der Waals surface area contributed by atoms with E-state index in [0.29, 0.717) is 24.8 Å². The van der Waals surface area contributed by atoms with E-state index in [1.807, 2.05) is 37.5 Å². The molecule has 1 amide bonds. The molecule has 0 saturated heterocycles. The molecule has 1 aliphatic carbocycles. The van der Waals surface area contributed by atoms with Gasteiger partial charge >= 0.3 is 11.8 Å². The number of pyridine rings is 1. The van der Waals surface area contributed by atoms with Crippen LogP contribution in [-0.2, 0) is 11.8 Å². The highest BCUT2D eigenvalue weighted by atomic mass is 16.4. The summed E-state index contributed by atoms with van der Waals surface area (Å²) in [4.78, 5) is 23.0. The van der Waals surface area contributed by atoms with Crippen LogP contribution in [0, 0.1) is 0 Å². The molecular weight excluding hydrogens is 406 g/mol. The SMILES string of the molecule is CC(C)(C)c1nnc(C(=O)N2CCc3[nH]cnc3[C@H]2c2cc3c(C4CC4)cccn3n2)o1. The number of carbonyl (C=O) groups is 1. The first kappa shape index (κ1) is 19.2. The van der Waals surface area contributed by atoms with Gasteiger partial charge in [-0.1, -0.05) is 26.8 Å². The Labute approximate surface area is 184 Å². The summed E-state index contributed by atoms with van der Waals surface area (Å²) in [6.07, 6.45) is 6.74. The molecule has 1 N–H and O–H groups in total. The molecule has 2 aliphatic rings. The molecule has 1 fully saturated rings. The van der Waals surface area contributed by atoms with Crippen LogP contribution in [0.25, 0.3) is 5.52 Å². The van der Waals surface area contributed by atoms with Gasteiger partial charge in [-0.25, -0.2) is 9.50 Å². The van der Waals surface area contributed by atoms with E-state index in [9.17, 15) is 4.79 Å².